The van der Waals surface area contributed by atoms with Crippen LogP contribution in [-0.4, -0.2) is 65.7 Å². The molecule has 0 aromatic heterocycles. The maximum atomic E-state index is 12.6. The maximum absolute atomic E-state index is 12.6. The maximum Gasteiger partial charge on any atom is 0.472 e. The summed E-state index contributed by atoms with van der Waals surface area (Å²) in [5.74, 6) is -0.907. The largest absolute Gasteiger partial charge is 0.472 e. The summed E-state index contributed by atoms with van der Waals surface area (Å²) in [6.07, 6.45) is 37.8. The van der Waals surface area contributed by atoms with Crippen LogP contribution in [-0.2, 0) is 32.7 Å². The summed E-state index contributed by atoms with van der Waals surface area (Å²) < 4.78 is 32.8. The fraction of sp³-hybridized carbons (Fsp3) is 0.955. The molecule has 11 heteroatoms. The molecule has 0 heterocycles. The second-order valence-corrected chi connectivity index (χ2v) is 17.3. The van der Waals surface area contributed by atoms with E-state index in [4.69, 9.17) is 23.6 Å². The zero-order valence-electron chi connectivity index (χ0n) is 35.7. The third-order valence-corrected chi connectivity index (χ3v) is 11.2. The Morgan fingerprint density at radius 1 is 0.473 bits per heavy atom. The molecule has 0 rings (SSSR count). The monoisotopic (exact) mass is 807 g/mol. The molecule has 0 aromatic rings. The summed E-state index contributed by atoms with van der Waals surface area (Å²) in [5, 5.41) is 18.3. The second kappa shape index (κ2) is 41.1. The van der Waals surface area contributed by atoms with E-state index in [0.29, 0.717) is 12.8 Å². The van der Waals surface area contributed by atoms with Gasteiger partial charge in [-0.25, -0.2) is 4.57 Å². The summed E-state index contributed by atoms with van der Waals surface area (Å²) in [6, 6.07) is 0. The molecule has 0 saturated heterocycles. The molecule has 0 aliphatic carbocycles. The van der Waals surface area contributed by atoms with Crippen molar-refractivity contribution in [3.63, 3.8) is 0 Å². The molecule has 0 aromatic carbocycles. The Bertz CT molecular complexity index is 889. The van der Waals surface area contributed by atoms with Gasteiger partial charge in [0, 0.05) is 12.8 Å². The van der Waals surface area contributed by atoms with Gasteiger partial charge in [-0.3, -0.25) is 18.6 Å². The summed E-state index contributed by atoms with van der Waals surface area (Å²) in [5.41, 5.74) is 0. The molecular formula is C44H87O10P. The van der Waals surface area contributed by atoms with E-state index in [1.807, 2.05) is 0 Å². The summed E-state index contributed by atoms with van der Waals surface area (Å²) in [4.78, 5) is 35.0. The number of aliphatic hydroxyl groups excluding tert-OH is 2. The van der Waals surface area contributed by atoms with Gasteiger partial charge in [-0.15, -0.1) is 0 Å². The lowest BCUT2D eigenvalue weighted by atomic mass is 10.0. The number of esters is 2. The Morgan fingerprint density at radius 3 is 1.13 bits per heavy atom. The van der Waals surface area contributed by atoms with E-state index in [9.17, 15) is 24.2 Å². The van der Waals surface area contributed by atoms with E-state index in [-0.39, 0.29) is 19.4 Å². The van der Waals surface area contributed by atoms with Crippen LogP contribution in [0.1, 0.15) is 232 Å². The highest BCUT2D eigenvalue weighted by molar-refractivity contribution is 7.47. The lowest BCUT2D eigenvalue weighted by Crippen LogP contribution is -2.29. The first-order valence-corrected chi connectivity index (χ1v) is 24.5. The zero-order chi connectivity index (χ0) is 40.5. The topological polar surface area (TPSA) is 149 Å². The van der Waals surface area contributed by atoms with Crippen LogP contribution in [0.3, 0.4) is 0 Å². The van der Waals surface area contributed by atoms with Crippen LogP contribution in [0.5, 0.6) is 0 Å². The van der Waals surface area contributed by atoms with Crippen LogP contribution in [0.2, 0.25) is 0 Å². The first-order chi connectivity index (χ1) is 26.7. The molecule has 0 bridgehead atoms. The van der Waals surface area contributed by atoms with Crippen molar-refractivity contribution in [1.82, 2.24) is 0 Å². The number of phosphoric acid groups is 1. The fourth-order valence-electron chi connectivity index (χ4n) is 6.70. The van der Waals surface area contributed by atoms with E-state index in [1.165, 1.54) is 161 Å². The van der Waals surface area contributed by atoms with Gasteiger partial charge in [0.05, 0.1) is 19.8 Å². The smallest absolute Gasteiger partial charge is 0.462 e. The molecule has 0 spiro atoms. The molecule has 3 N–H and O–H groups in total. The van der Waals surface area contributed by atoms with Crippen LogP contribution in [0.4, 0.5) is 0 Å². The minimum Gasteiger partial charge on any atom is -0.462 e. The van der Waals surface area contributed by atoms with Gasteiger partial charge in [0.1, 0.15) is 12.7 Å². The number of rotatable bonds is 44. The number of carbonyl (C=O) groups is 2. The Kier molecular flexibility index (Phi) is 40.4. The van der Waals surface area contributed by atoms with E-state index < -0.39 is 51.8 Å². The molecule has 55 heavy (non-hydrogen) atoms. The summed E-state index contributed by atoms with van der Waals surface area (Å²) in [7, 11) is -4.61. The summed E-state index contributed by atoms with van der Waals surface area (Å²) in [6.45, 7) is 2.43. The van der Waals surface area contributed by atoms with Gasteiger partial charge in [0.25, 0.3) is 0 Å². The highest BCUT2D eigenvalue weighted by Crippen LogP contribution is 2.43. The lowest BCUT2D eigenvalue weighted by Gasteiger charge is -2.20. The van der Waals surface area contributed by atoms with E-state index in [1.54, 1.807) is 0 Å². The highest BCUT2D eigenvalue weighted by atomic mass is 31.2. The third-order valence-electron chi connectivity index (χ3n) is 10.3. The van der Waals surface area contributed by atoms with Gasteiger partial charge < -0.3 is 24.6 Å². The summed E-state index contributed by atoms with van der Waals surface area (Å²) >= 11 is 0. The number of ether oxygens (including phenoxy) is 2. The molecule has 0 aliphatic heterocycles. The molecule has 0 aliphatic rings. The van der Waals surface area contributed by atoms with Crippen molar-refractivity contribution in [2.45, 2.75) is 244 Å². The number of carbonyl (C=O) groups excluding carboxylic acids is 2. The van der Waals surface area contributed by atoms with Crippen LogP contribution in [0.15, 0.2) is 0 Å². The van der Waals surface area contributed by atoms with Crippen LogP contribution >= 0.6 is 7.82 Å². The fourth-order valence-corrected chi connectivity index (χ4v) is 7.49. The van der Waals surface area contributed by atoms with Gasteiger partial charge >= 0.3 is 19.8 Å². The first kappa shape index (κ1) is 54.0. The predicted molar refractivity (Wildman–Crippen MR) is 224 cm³/mol. The quantitative estimate of drug-likeness (QED) is 0.0308. The SMILES string of the molecule is CCCCCCCCCCCCCCCCCCCCCC(=O)O[C@H](COC(=O)CCCCCCCCCCCCCCC)COP(=O)(O)OC[C@@H](O)CO. The molecule has 3 atom stereocenters. The van der Waals surface area contributed by atoms with Gasteiger partial charge in [-0.05, 0) is 12.8 Å². The number of aliphatic hydroxyl groups is 2. The Morgan fingerprint density at radius 2 is 0.782 bits per heavy atom. The normalized spacial score (nSPS) is 13.8. The van der Waals surface area contributed by atoms with Crippen LogP contribution in [0.25, 0.3) is 0 Å². The van der Waals surface area contributed by atoms with Crippen molar-refractivity contribution >= 4 is 19.8 Å². The van der Waals surface area contributed by atoms with Crippen molar-refractivity contribution < 1.29 is 47.8 Å². The number of phosphoric ester groups is 1. The number of unbranched alkanes of at least 4 members (excludes halogenated alkanes) is 30. The molecule has 328 valence electrons. The Labute approximate surface area is 337 Å². The van der Waals surface area contributed by atoms with E-state index in [0.717, 1.165) is 32.1 Å². The highest BCUT2D eigenvalue weighted by Gasteiger charge is 2.27. The second-order valence-electron chi connectivity index (χ2n) is 15.8. The predicted octanol–water partition coefficient (Wildman–Crippen LogP) is 12.2. The van der Waals surface area contributed by atoms with Crippen molar-refractivity contribution in [2.24, 2.45) is 0 Å². The van der Waals surface area contributed by atoms with Crippen LogP contribution < -0.4 is 0 Å². The van der Waals surface area contributed by atoms with Crippen molar-refractivity contribution in [3.05, 3.63) is 0 Å². The van der Waals surface area contributed by atoms with E-state index in [2.05, 4.69) is 13.8 Å². The van der Waals surface area contributed by atoms with Gasteiger partial charge in [0.2, 0.25) is 0 Å². The van der Waals surface area contributed by atoms with E-state index >= 15 is 0 Å². The number of hydrogen-bond acceptors (Lipinski definition) is 9. The molecule has 0 amide bonds. The van der Waals surface area contributed by atoms with Crippen molar-refractivity contribution in [1.29, 1.82) is 0 Å². The molecule has 0 radical (unpaired) electrons. The van der Waals surface area contributed by atoms with Crippen molar-refractivity contribution in [3.8, 4) is 0 Å². The average molecular weight is 807 g/mol. The van der Waals surface area contributed by atoms with Gasteiger partial charge in [-0.1, -0.05) is 206 Å². The standard InChI is InChI=1S/C44H87O10P/c1-3-5-7-9-11-13-15-17-18-19-20-21-22-24-26-28-30-32-34-36-44(48)54-42(40-53-55(49,50)52-38-41(46)37-45)39-51-43(47)35-33-31-29-27-25-23-16-14-12-10-8-6-4-2/h41-42,45-46H,3-40H2,1-2H3,(H,49,50)/t41-,42+/m0/s1. The average Bonchev–Trinajstić information content (AvgIpc) is 3.17. The Balaban J connectivity index is 4.19. The molecule has 1 unspecified atom stereocenters. The van der Waals surface area contributed by atoms with Crippen molar-refractivity contribution in [2.75, 3.05) is 26.4 Å². The minimum atomic E-state index is -4.61. The lowest BCUT2D eigenvalue weighted by molar-refractivity contribution is -0.161. The van der Waals surface area contributed by atoms with Crippen LogP contribution in [0, 0.1) is 0 Å². The molecule has 10 nitrogen and oxygen atoms in total. The van der Waals surface area contributed by atoms with Gasteiger partial charge in [-0.2, -0.15) is 0 Å². The molecular weight excluding hydrogens is 719 g/mol. The number of hydrogen-bond donors (Lipinski definition) is 3. The first-order valence-electron chi connectivity index (χ1n) is 23.0. The zero-order valence-corrected chi connectivity index (χ0v) is 36.6. The third kappa shape index (κ3) is 40.9. The Hall–Kier alpha value is -1.03. The molecule has 0 saturated carbocycles. The molecule has 0 fully saturated rings. The minimum absolute atomic E-state index is 0.193. The van der Waals surface area contributed by atoms with Gasteiger partial charge in [0.15, 0.2) is 6.10 Å².